The van der Waals surface area contributed by atoms with Crippen molar-refractivity contribution in [2.45, 2.75) is 12.6 Å². The molecule has 1 N–H and O–H groups in total. The van der Waals surface area contributed by atoms with Gasteiger partial charge in [-0.1, -0.05) is 24.3 Å². The molecular formula is C19H22ClN5. The second-order valence-corrected chi connectivity index (χ2v) is 6.03. The van der Waals surface area contributed by atoms with Crippen LogP contribution in [0.15, 0.2) is 67.3 Å². The first-order chi connectivity index (χ1) is 11.9. The van der Waals surface area contributed by atoms with Gasteiger partial charge in [-0.2, -0.15) is 0 Å². The maximum absolute atomic E-state index is 4.60. The molecule has 3 heterocycles. The number of halogens is 1. The highest BCUT2D eigenvalue weighted by Gasteiger charge is 2.25. The first kappa shape index (κ1) is 17.6. The summed E-state index contributed by atoms with van der Waals surface area (Å²) in [6.45, 7) is 3.77. The number of nitrogens with one attached hydrogen (secondary N) is 1. The number of rotatable bonds is 4. The van der Waals surface area contributed by atoms with E-state index in [1.54, 1.807) is 0 Å². The summed E-state index contributed by atoms with van der Waals surface area (Å²) in [5, 5.41) is 3.49. The van der Waals surface area contributed by atoms with Gasteiger partial charge in [0.2, 0.25) is 0 Å². The molecule has 0 saturated carbocycles. The van der Waals surface area contributed by atoms with Crippen LogP contribution in [0.2, 0.25) is 0 Å². The van der Waals surface area contributed by atoms with Crippen LogP contribution in [-0.4, -0.2) is 39.1 Å². The second kappa shape index (κ2) is 8.25. The van der Waals surface area contributed by atoms with Crippen LogP contribution < -0.4 is 5.32 Å². The molecule has 1 atom stereocenters. The van der Waals surface area contributed by atoms with Gasteiger partial charge in [-0.25, -0.2) is 4.98 Å². The highest BCUT2D eigenvalue weighted by Crippen LogP contribution is 2.23. The molecule has 1 aromatic carbocycles. The van der Waals surface area contributed by atoms with Crippen molar-refractivity contribution in [3.63, 3.8) is 0 Å². The van der Waals surface area contributed by atoms with E-state index in [-0.39, 0.29) is 12.4 Å². The van der Waals surface area contributed by atoms with Crippen molar-refractivity contribution in [1.82, 2.24) is 24.8 Å². The highest BCUT2D eigenvalue weighted by atomic mass is 35.5. The molecule has 3 aromatic rings. The largest absolute Gasteiger partial charge is 0.314 e. The number of benzene rings is 1. The summed E-state index contributed by atoms with van der Waals surface area (Å²) in [4.78, 5) is 11.4. The Balaban J connectivity index is 0.00000182. The van der Waals surface area contributed by atoms with Crippen LogP contribution in [0.25, 0.3) is 5.69 Å². The summed E-state index contributed by atoms with van der Waals surface area (Å²) in [6, 6.07) is 14.9. The number of imidazole rings is 1. The maximum Gasteiger partial charge on any atom is 0.127 e. The monoisotopic (exact) mass is 355 g/mol. The Morgan fingerprint density at radius 3 is 2.76 bits per heavy atom. The first-order valence-electron chi connectivity index (χ1n) is 8.34. The van der Waals surface area contributed by atoms with Crippen LogP contribution in [0.5, 0.6) is 0 Å². The van der Waals surface area contributed by atoms with Gasteiger partial charge >= 0.3 is 0 Å². The Morgan fingerprint density at radius 1 is 1.08 bits per heavy atom. The number of pyridine rings is 1. The molecule has 1 unspecified atom stereocenters. The van der Waals surface area contributed by atoms with Crippen LogP contribution in [-0.2, 0) is 6.54 Å². The number of para-hydroxylation sites is 1. The van der Waals surface area contributed by atoms with Crippen molar-refractivity contribution in [3.8, 4) is 5.69 Å². The van der Waals surface area contributed by atoms with E-state index in [2.05, 4.69) is 55.1 Å². The summed E-state index contributed by atoms with van der Waals surface area (Å²) < 4.78 is 2.17. The molecule has 25 heavy (non-hydrogen) atoms. The summed E-state index contributed by atoms with van der Waals surface area (Å²) in [6.07, 6.45) is 7.70. The fourth-order valence-corrected chi connectivity index (χ4v) is 3.29. The van der Waals surface area contributed by atoms with Gasteiger partial charge in [0.15, 0.2) is 0 Å². The normalized spacial score (nSPS) is 17.8. The topological polar surface area (TPSA) is 46.0 Å². The lowest BCUT2D eigenvalue weighted by molar-refractivity contribution is 0.149. The second-order valence-electron chi connectivity index (χ2n) is 6.03. The van der Waals surface area contributed by atoms with Gasteiger partial charge in [0, 0.05) is 56.2 Å². The standard InChI is InChI=1S/C19H21N5.ClH/c1-2-6-17(7-3-1)24-12-10-22-19(24)15-23-11-9-21-14-18(23)16-5-4-8-20-13-16;/h1-8,10,12-13,18,21H,9,11,14-15H2;1H. The Kier molecular flexibility index (Phi) is 5.81. The summed E-state index contributed by atoms with van der Waals surface area (Å²) >= 11 is 0. The van der Waals surface area contributed by atoms with Crippen LogP contribution in [0.1, 0.15) is 17.4 Å². The molecule has 1 saturated heterocycles. The number of piperazine rings is 1. The fraction of sp³-hybridized carbons (Fsp3) is 0.263. The molecule has 1 aliphatic rings. The minimum atomic E-state index is 0. The van der Waals surface area contributed by atoms with Crippen molar-refractivity contribution < 1.29 is 0 Å². The molecule has 2 aromatic heterocycles. The predicted octanol–water partition coefficient (Wildman–Crippen LogP) is 2.84. The predicted molar refractivity (Wildman–Crippen MR) is 101 cm³/mol. The van der Waals surface area contributed by atoms with Crippen molar-refractivity contribution >= 4 is 12.4 Å². The minimum absolute atomic E-state index is 0. The molecular weight excluding hydrogens is 334 g/mol. The molecule has 0 aliphatic carbocycles. The summed E-state index contributed by atoms with van der Waals surface area (Å²) in [7, 11) is 0. The van der Waals surface area contributed by atoms with E-state index in [4.69, 9.17) is 0 Å². The van der Waals surface area contributed by atoms with Crippen LogP contribution in [0.3, 0.4) is 0 Å². The fourth-order valence-electron chi connectivity index (χ4n) is 3.29. The van der Waals surface area contributed by atoms with Gasteiger partial charge in [-0.3, -0.25) is 9.88 Å². The third-order valence-corrected chi connectivity index (χ3v) is 4.52. The number of hydrogen-bond acceptors (Lipinski definition) is 4. The Bertz CT molecular complexity index is 775. The minimum Gasteiger partial charge on any atom is -0.314 e. The molecule has 5 nitrogen and oxygen atoms in total. The van der Waals surface area contributed by atoms with Crippen LogP contribution >= 0.6 is 12.4 Å². The average Bonchev–Trinajstić information content (AvgIpc) is 3.12. The van der Waals surface area contributed by atoms with E-state index in [9.17, 15) is 0 Å². The molecule has 1 fully saturated rings. The molecule has 0 bridgehead atoms. The van der Waals surface area contributed by atoms with E-state index in [0.717, 1.165) is 37.7 Å². The smallest absolute Gasteiger partial charge is 0.127 e. The van der Waals surface area contributed by atoms with E-state index in [1.807, 2.05) is 36.9 Å². The third-order valence-electron chi connectivity index (χ3n) is 4.52. The lowest BCUT2D eigenvalue weighted by Crippen LogP contribution is -2.45. The molecule has 1 aliphatic heterocycles. The quantitative estimate of drug-likeness (QED) is 0.781. The van der Waals surface area contributed by atoms with Crippen molar-refractivity contribution in [1.29, 1.82) is 0 Å². The zero-order chi connectivity index (χ0) is 16.2. The number of aromatic nitrogens is 3. The van der Waals surface area contributed by atoms with Crippen molar-refractivity contribution in [3.05, 3.63) is 78.6 Å². The molecule has 6 heteroatoms. The Labute approximate surface area is 154 Å². The summed E-state index contributed by atoms with van der Waals surface area (Å²) in [5.74, 6) is 1.07. The van der Waals surface area contributed by atoms with Gasteiger partial charge < -0.3 is 9.88 Å². The van der Waals surface area contributed by atoms with Crippen molar-refractivity contribution in [2.24, 2.45) is 0 Å². The summed E-state index contributed by atoms with van der Waals surface area (Å²) in [5.41, 5.74) is 2.40. The van der Waals surface area contributed by atoms with Crippen molar-refractivity contribution in [2.75, 3.05) is 19.6 Å². The lowest BCUT2D eigenvalue weighted by Gasteiger charge is -2.36. The van der Waals surface area contributed by atoms with E-state index in [1.165, 1.54) is 5.56 Å². The Morgan fingerprint density at radius 2 is 1.96 bits per heavy atom. The van der Waals surface area contributed by atoms with Crippen LogP contribution in [0, 0.1) is 0 Å². The Hall–Kier alpha value is -2.21. The van der Waals surface area contributed by atoms with E-state index in [0.29, 0.717) is 6.04 Å². The molecule has 0 radical (unpaired) electrons. The van der Waals surface area contributed by atoms with E-state index >= 15 is 0 Å². The van der Waals surface area contributed by atoms with Gasteiger partial charge in [-0.15, -0.1) is 12.4 Å². The van der Waals surface area contributed by atoms with Gasteiger partial charge in [0.25, 0.3) is 0 Å². The van der Waals surface area contributed by atoms with E-state index < -0.39 is 0 Å². The van der Waals surface area contributed by atoms with Gasteiger partial charge in [-0.05, 0) is 23.8 Å². The van der Waals surface area contributed by atoms with Gasteiger partial charge in [0.05, 0.1) is 6.54 Å². The molecule has 4 rings (SSSR count). The zero-order valence-corrected chi connectivity index (χ0v) is 14.8. The number of nitrogens with zero attached hydrogens (tertiary/aromatic N) is 4. The molecule has 130 valence electrons. The maximum atomic E-state index is 4.60. The molecule has 0 amide bonds. The number of hydrogen-bond donors (Lipinski definition) is 1. The van der Waals surface area contributed by atoms with Gasteiger partial charge in [0.1, 0.15) is 5.82 Å². The zero-order valence-electron chi connectivity index (χ0n) is 14.0. The lowest BCUT2D eigenvalue weighted by atomic mass is 10.1. The highest BCUT2D eigenvalue weighted by molar-refractivity contribution is 5.85. The average molecular weight is 356 g/mol. The SMILES string of the molecule is Cl.c1ccc(-n2ccnc2CN2CCNCC2c2cccnc2)cc1. The van der Waals surface area contributed by atoms with Crippen LogP contribution in [0.4, 0.5) is 0 Å². The first-order valence-corrected chi connectivity index (χ1v) is 8.34. The third kappa shape index (κ3) is 3.90. The molecule has 0 spiro atoms.